The van der Waals surface area contributed by atoms with E-state index in [-0.39, 0.29) is 24.8 Å². The summed E-state index contributed by atoms with van der Waals surface area (Å²) in [6.45, 7) is 16.4. The molecule has 0 spiro atoms. The first-order valence-electron chi connectivity index (χ1n) is 11.2. The largest absolute Gasteiger partial charge is 0.304 e. The van der Waals surface area contributed by atoms with Gasteiger partial charge in [0.25, 0.3) is 0 Å². The molecule has 1 atom stereocenters. The van der Waals surface area contributed by atoms with E-state index in [9.17, 15) is 0 Å². The van der Waals surface area contributed by atoms with E-state index in [2.05, 4.69) is 67.8 Å². The normalized spacial score (nSPS) is 16.1. The molecule has 0 radical (unpaired) electrons. The first-order valence-corrected chi connectivity index (χ1v) is 11.2. The Bertz CT molecular complexity index is 455. The van der Waals surface area contributed by atoms with Crippen LogP contribution in [0.2, 0.25) is 0 Å². The lowest BCUT2D eigenvalue weighted by molar-refractivity contribution is 0.137. The summed E-state index contributed by atoms with van der Waals surface area (Å²) >= 11 is 0. The van der Waals surface area contributed by atoms with Crippen molar-refractivity contribution in [2.45, 2.75) is 65.7 Å². The summed E-state index contributed by atoms with van der Waals surface area (Å²) in [4.78, 5) is 5.29. The fraction of sp³-hybridized carbons (Fsp3) is 0.750. The predicted molar refractivity (Wildman–Crippen MR) is 129 cm³/mol. The molecule has 0 heterocycles. The summed E-state index contributed by atoms with van der Waals surface area (Å²) in [6, 6.07) is 11.5. The molecule has 1 aromatic rings. The van der Waals surface area contributed by atoms with E-state index < -0.39 is 0 Å². The highest BCUT2D eigenvalue weighted by Gasteiger charge is 2.33. The molecule has 0 bridgehead atoms. The van der Waals surface area contributed by atoms with Crippen molar-refractivity contribution in [2.24, 2.45) is 11.8 Å². The molecule has 1 unspecified atom stereocenters. The van der Waals surface area contributed by atoms with Crippen molar-refractivity contribution in [3.63, 3.8) is 0 Å². The zero-order valence-electron chi connectivity index (χ0n) is 18.6. The molecule has 0 N–H and O–H groups in total. The van der Waals surface area contributed by atoms with Gasteiger partial charge in [-0.3, -0.25) is 0 Å². The summed E-state index contributed by atoms with van der Waals surface area (Å²) in [5, 5.41) is 0. The predicted octanol–water partition coefficient (Wildman–Crippen LogP) is 6.49. The van der Waals surface area contributed by atoms with Gasteiger partial charge in [0, 0.05) is 13.1 Å². The fourth-order valence-electron chi connectivity index (χ4n) is 5.01. The Labute approximate surface area is 187 Å². The molecular weight excluding hydrogens is 387 g/mol. The van der Waals surface area contributed by atoms with Crippen LogP contribution in [0.4, 0.5) is 0 Å². The molecule has 2 rings (SSSR count). The van der Waals surface area contributed by atoms with E-state index in [1.165, 1.54) is 45.2 Å². The van der Waals surface area contributed by atoms with Crippen molar-refractivity contribution in [1.82, 2.24) is 9.80 Å². The average Bonchev–Trinajstić information content (AvgIpc) is 2.71. The Morgan fingerprint density at radius 3 is 1.64 bits per heavy atom. The minimum Gasteiger partial charge on any atom is -0.304 e. The summed E-state index contributed by atoms with van der Waals surface area (Å²) < 4.78 is 0. The second-order valence-corrected chi connectivity index (χ2v) is 8.07. The molecular formula is C24H44Cl2N2. The van der Waals surface area contributed by atoms with E-state index in [1.54, 1.807) is 5.56 Å². The van der Waals surface area contributed by atoms with E-state index >= 15 is 0 Å². The number of hydrogen-bond acceptors (Lipinski definition) is 2. The monoisotopic (exact) mass is 430 g/mol. The molecule has 1 aliphatic rings. The highest BCUT2D eigenvalue weighted by Crippen LogP contribution is 2.41. The molecule has 1 saturated carbocycles. The van der Waals surface area contributed by atoms with Gasteiger partial charge in [-0.2, -0.15) is 0 Å². The Morgan fingerprint density at radius 1 is 0.750 bits per heavy atom. The zero-order chi connectivity index (χ0) is 18.8. The minimum atomic E-state index is 0. The number of halogens is 2. The van der Waals surface area contributed by atoms with E-state index in [0.717, 1.165) is 38.0 Å². The molecule has 1 aromatic carbocycles. The van der Waals surface area contributed by atoms with Gasteiger partial charge in [-0.15, -0.1) is 24.8 Å². The van der Waals surface area contributed by atoms with E-state index in [4.69, 9.17) is 0 Å². The van der Waals surface area contributed by atoms with Crippen molar-refractivity contribution >= 4 is 24.8 Å². The smallest absolute Gasteiger partial charge is 0.00276 e. The van der Waals surface area contributed by atoms with Crippen molar-refractivity contribution in [2.75, 3.05) is 39.3 Å². The minimum absolute atomic E-state index is 0. The maximum absolute atomic E-state index is 2.65. The van der Waals surface area contributed by atoms with E-state index in [1.807, 2.05) is 0 Å². The fourth-order valence-corrected chi connectivity index (χ4v) is 5.01. The first-order chi connectivity index (χ1) is 12.7. The van der Waals surface area contributed by atoms with Gasteiger partial charge >= 0.3 is 0 Å². The summed E-state index contributed by atoms with van der Waals surface area (Å²) in [6.07, 6.45) is 7.14. The Hall–Kier alpha value is -0.280. The summed E-state index contributed by atoms with van der Waals surface area (Å²) in [7, 11) is 0. The Kier molecular flexibility index (Phi) is 15.4. The summed E-state index contributed by atoms with van der Waals surface area (Å²) in [5.41, 5.74) is 1.59. The third-order valence-electron chi connectivity index (χ3n) is 6.62. The van der Waals surface area contributed by atoms with Crippen molar-refractivity contribution < 1.29 is 0 Å². The maximum atomic E-state index is 2.65. The molecule has 0 saturated heterocycles. The Balaban J connectivity index is 0.00000364. The molecule has 1 aliphatic carbocycles. The second kappa shape index (κ2) is 15.5. The number of rotatable bonds is 11. The standard InChI is InChI=1S/C24H42N2.2ClH/c1-5-25(6-2)19-23(20-26(7-3)8-4)24(21-15-11-9-12-16-21)22-17-13-10-14-18-22;;/h9,11-12,15-16,22-24H,5-8,10,13-14,17-20H2,1-4H3;2*1H. The van der Waals surface area contributed by atoms with Gasteiger partial charge in [0.1, 0.15) is 0 Å². The molecule has 4 heteroatoms. The first kappa shape index (κ1) is 27.7. The van der Waals surface area contributed by atoms with Crippen LogP contribution in [0.15, 0.2) is 30.3 Å². The maximum Gasteiger partial charge on any atom is 0.00276 e. The molecule has 1 fully saturated rings. The van der Waals surface area contributed by atoms with Crippen LogP contribution < -0.4 is 0 Å². The van der Waals surface area contributed by atoms with Crippen LogP contribution in [0, 0.1) is 11.8 Å². The van der Waals surface area contributed by atoms with Crippen LogP contribution >= 0.6 is 24.8 Å². The van der Waals surface area contributed by atoms with Gasteiger partial charge in [0.2, 0.25) is 0 Å². The second-order valence-electron chi connectivity index (χ2n) is 8.07. The SMILES string of the molecule is CCN(CC)CC(CN(CC)CC)C(c1ccccc1)C1CCCCC1.Cl.Cl. The lowest BCUT2D eigenvalue weighted by Gasteiger charge is -2.40. The van der Waals surface area contributed by atoms with Crippen LogP contribution in [-0.2, 0) is 0 Å². The van der Waals surface area contributed by atoms with Gasteiger partial charge in [0.05, 0.1) is 0 Å². The Morgan fingerprint density at radius 2 is 1.21 bits per heavy atom. The third kappa shape index (κ3) is 8.22. The van der Waals surface area contributed by atoms with E-state index in [0.29, 0.717) is 5.92 Å². The van der Waals surface area contributed by atoms with Crippen molar-refractivity contribution in [3.8, 4) is 0 Å². The van der Waals surface area contributed by atoms with Crippen LogP contribution in [-0.4, -0.2) is 49.1 Å². The molecule has 0 aromatic heterocycles. The van der Waals surface area contributed by atoms with Crippen molar-refractivity contribution in [1.29, 1.82) is 0 Å². The van der Waals surface area contributed by atoms with Gasteiger partial charge in [-0.1, -0.05) is 77.3 Å². The van der Waals surface area contributed by atoms with Crippen molar-refractivity contribution in [3.05, 3.63) is 35.9 Å². The van der Waals surface area contributed by atoms with Crippen LogP contribution in [0.1, 0.15) is 71.3 Å². The molecule has 28 heavy (non-hydrogen) atoms. The van der Waals surface area contributed by atoms with Gasteiger partial charge in [-0.05, 0) is 62.3 Å². The van der Waals surface area contributed by atoms with Crippen LogP contribution in [0.3, 0.4) is 0 Å². The topological polar surface area (TPSA) is 6.48 Å². The highest BCUT2D eigenvalue weighted by atomic mass is 35.5. The lowest BCUT2D eigenvalue weighted by Crippen LogP contribution is -2.41. The van der Waals surface area contributed by atoms with Gasteiger partial charge < -0.3 is 9.80 Å². The molecule has 2 nitrogen and oxygen atoms in total. The molecule has 0 aliphatic heterocycles. The zero-order valence-corrected chi connectivity index (χ0v) is 20.2. The molecule has 164 valence electrons. The van der Waals surface area contributed by atoms with Crippen LogP contribution in [0.25, 0.3) is 0 Å². The highest BCUT2D eigenvalue weighted by molar-refractivity contribution is 5.85. The lowest BCUT2D eigenvalue weighted by atomic mass is 9.70. The average molecular weight is 432 g/mol. The number of hydrogen-bond donors (Lipinski definition) is 0. The van der Waals surface area contributed by atoms with Crippen LogP contribution in [0.5, 0.6) is 0 Å². The van der Waals surface area contributed by atoms with Gasteiger partial charge in [0.15, 0.2) is 0 Å². The molecule has 0 amide bonds. The third-order valence-corrected chi connectivity index (χ3v) is 6.62. The van der Waals surface area contributed by atoms with Gasteiger partial charge in [-0.25, -0.2) is 0 Å². The number of benzene rings is 1. The number of nitrogens with zero attached hydrogens (tertiary/aromatic N) is 2. The summed E-state index contributed by atoms with van der Waals surface area (Å²) in [5.74, 6) is 2.29. The quantitative estimate of drug-likeness (QED) is 0.395.